The number of hydrogen-bond donors (Lipinski definition) is 1. The Morgan fingerprint density at radius 3 is 2.58 bits per heavy atom. The van der Waals surface area contributed by atoms with Gasteiger partial charge in [-0.05, 0) is 62.3 Å². The van der Waals surface area contributed by atoms with Gasteiger partial charge in [0, 0.05) is 11.6 Å². The number of benzene rings is 1. The van der Waals surface area contributed by atoms with Crippen LogP contribution >= 0.6 is 0 Å². The van der Waals surface area contributed by atoms with Crippen LogP contribution in [0.1, 0.15) is 49.4 Å². The molecule has 0 amide bonds. The summed E-state index contributed by atoms with van der Waals surface area (Å²) < 4.78 is 5.64. The van der Waals surface area contributed by atoms with E-state index in [1.165, 1.54) is 29.5 Å². The molecular formula is C17H27NO. The standard InChI is InChI=1S/C17H27NO/c1-6-7-18-17(14-10-12(14)3)16-13(4)8-11(2)9-15(16)19-5/h8-9,12,14,17-18H,6-7,10H2,1-5H3. The predicted octanol–water partition coefficient (Wildman–Crippen LogP) is 4.01. The van der Waals surface area contributed by atoms with E-state index in [0.717, 1.165) is 24.1 Å². The Hall–Kier alpha value is -1.02. The highest BCUT2D eigenvalue weighted by atomic mass is 16.5. The SMILES string of the molecule is CCCNC(c1c(C)cc(C)cc1OC)C1CC1C. The van der Waals surface area contributed by atoms with Crippen molar-refractivity contribution in [1.82, 2.24) is 5.32 Å². The molecule has 1 aliphatic carbocycles. The maximum atomic E-state index is 5.64. The average Bonchev–Trinajstić information content (AvgIpc) is 3.08. The molecule has 0 aliphatic heterocycles. The molecule has 0 radical (unpaired) electrons. The van der Waals surface area contributed by atoms with Gasteiger partial charge in [0.25, 0.3) is 0 Å². The van der Waals surface area contributed by atoms with Crippen LogP contribution in [0.2, 0.25) is 0 Å². The monoisotopic (exact) mass is 261 g/mol. The van der Waals surface area contributed by atoms with Gasteiger partial charge in [-0.25, -0.2) is 0 Å². The van der Waals surface area contributed by atoms with Crippen molar-refractivity contribution in [2.45, 2.75) is 46.6 Å². The van der Waals surface area contributed by atoms with Crippen LogP contribution in [0, 0.1) is 25.7 Å². The van der Waals surface area contributed by atoms with Gasteiger partial charge in [0.05, 0.1) is 7.11 Å². The van der Waals surface area contributed by atoms with E-state index in [2.05, 4.69) is 45.1 Å². The highest BCUT2D eigenvalue weighted by Crippen LogP contribution is 2.49. The number of hydrogen-bond acceptors (Lipinski definition) is 2. The first kappa shape index (κ1) is 14.4. The van der Waals surface area contributed by atoms with Crippen LogP contribution in [0.15, 0.2) is 12.1 Å². The zero-order valence-corrected chi connectivity index (χ0v) is 12.9. The second-order valence-electron chi connectivity index (χ2n) is 6.01. The van der Waals surface area contributed by atoms with E-state index >= 15 is 0 Å². The van der Waals surface area contributed by atoms with Crippen LogP contribution in [-0.2, 0) is 0 Å². The number of methoxy groups -OCH3 is 1. The average molecular weight is 261 g/mol. The molecule has 0 heterocycles. The second-order valence-corrected chi connectivity index (χ2v) is 6.01. The van der Waals surface area contributed by atoms with Crippen molar-refractivity contribution in [3.05, 3.63) is 28.8 Å². The van der Waals surface area contributed by atoms with E-state index in [0.29, 0.717) is 6.04 Å². The smallest absolute Gasteiger partial charge is 0.124 e. The molecule has 19 heavy (non-hydrogen) atoms. The van der Waals surface area contributed by atoms with Crippen molar-refractivity contribution in [3.8, 4) is 5.75 Å². The third-order valence-electron chi connectivity index (χ3n) is 4.24. The first-order valence-corrected chi connectivity index (χ1v) is 7.47. The molecule has 3 atom stereocenters. The topological polar surface area (TPSA) is 21.3 Å². The molecule has 1 aromatic rings. The van der Waals surface area contributed by atoms with Crippen molar-refractivity contribution in [2.75, 3.05) is 13.7 Å². The highest BCUT2D eigenvalue weighted by Gasteiger charge is 2.41. The van der Waals surface area contributed by atoms with E-state index in [9.17, 15) is 0 Å². The number of rotatable bonds is 6. The van der Waals surface area contributed by atoms with E-state index in [4.69, 9.17) is 4.74 Å². The molecule has 2 nitrogen and oxygen atoms in total. The molecule has 1 aromatic carbocycles. The van der Waals surface area contributed by atoms with Crippen LogP contribution in [-0.4, -0.2) is 13.7 Å². The lowest BCUT2D eigenvalue weighted by atomic mass is 9.94. The summed E-state index contributed by atoms with van der Waals surface area (Å²) >= 11 is 0. The molecule has 2 rings (SSSR count). The minimum Gasteiger partial charge on any atom is -0.496 e. The summed E-state index contributed by atoms with van der Waals surface area (Å²) in [4.78, 5) is 0. The fourth-order valence-electron chi connectivity index (χ4n) is 3.09. The molecule has 0 spiro atoms. The number of nitrogens with one attached hydrogen (secondary N) is 1. The van der Waals surface area contributed by atoms with Crippen LogP contribution in [0.5, 0.6) is 5.75 Å². The third kappa shape index (κ3) is 3.11. The van der Waals surface area contributed by atoms with Crippen LogP contribution in [0.3, 0.4) is 0 Å². The van der Waals surface area contributed by atoms with Crippen molar-refractivity contribution < 1.29 is 4.74 Å². The Balaban J connectivity index is 2.34. The molecule has 1 saturated carbocycles. The summed E-state index contributed by atoms with van der Waals surface area (Å²) in [6.45, 7) is 9.98. The zero-order chi connectivity index (χ0) is 14.0. The van der Waals surface area contributed by atoms with E-state index < -0.39 is 0 Å². The summed E-state index contributed by atoms with van der Waals surface area (Å²) in [5.41, 5.74) is 4.00. The summed E-state index contributed by atoms with van der Waals surface area (Å²) in [5, 5.41) is 3.73. The molecule has 1 aliphatic rings. The summed E-state index contributed by atoms with van der Waals surface area (Å²) in [6, 6.07) is 4.88. The molecule has 2 heteroatoms. The lowest BCUT2D eigenvalue weighted by Crippen LogP contribution is -2.25. The van der Waals surface area contributed by atoms with Gasteiger partial charge < -0.3 is 10.1 Å². The molecule has 1 fully saturated rings. The van der Waals surface area contributed by atoms with Crippen molar-refractivity contribution >= 4 is 0 Å². The van der Waals surface area contributed by atoms with Crippen molar-refractivity contribution in [3.63, 3.8) is 0 Å². The van der Waals surface area contributed by atoms with Crippen LogP contribution in [0.25, 0.3) is 0 Å². The first-order chi connectivity index (χ1) is 9.08. The van der Waals surface area contributed by atoms with Gasteiger partial charge in [0.2, 0.25) is 0 Å². The third-order valence-corrected chi connectivity index (χ3v) is 4.24. The largest absolute Gasteiger partial charge is 0.496 e. The fraction of sp³-hybridized carbons (Fsp3) is 0.647. The Bertz CT molecular complexity index is 441. The van der Waals surface area contributed by atoms with Crippen LogP contribution in [0.4, 0.5) is 0 Å². The van der Waals surface area contributed by atoms with E-state index in [1.807, 2.05) is 0 Å². The quantitative estimate of drug-likeness (QED) is 0.835. The van der Waals surface area contributed by atoms with E-state index in [1.54, 1.807) is 7.11 Å². The van der Waals surface area contributed by atoms with Gasteiger partial charge in [0.15, 0.2) is 0 Å². The summed E-state index contributed by atoms with van der Waals surface area (Å²) in [5.74, 6) is 2.65. The minimum absolute atomic E-state index is 0.450. The maximum absolute atomic E-state index is 5.64. The number of aryl methyl sites for hydroxylation is 2. The predicted molar refractivity (Wildman–Crippen MR) is 80.8 cm³/mol. The lowest BCUT2D eigenvalue weighted by Gasteiger charge is -2.24. The van der Waals surface area contributed by atoms with E-state index in [-0.39, 0.29) is 0 Å². The van der Waals surface area contributed by atoms with Gasteiger partial charge in [0.1, 0.15) is 5.75 Å². The van der Waals surface area contributed by atoms with Gasteiger partial charge in [-0.2, -0.15) is 0 Å². The van der Waals surface area contributed by atoms with Crippen molar-refractivity contribution in [1.29, 1.82) is 0 Å². The molecular weight excluding hydrogens is 234 g/mol. The Morgan fingerprint density at radius 1 is 1.37 bits per heavy atom. The Labute approximate surface area is 117 Å². The lowest BCUT2D eigenvalue weighted by molar-refractivity contribution is 0.386. The Kier molecular flexibility index (Phi) is 4.51. The van der Waals surface area contributed by atoms with Crippen LogP contribution < -0.4 is 10.1 Å². The molecule has 106 valence electrons. The zero-order valence-electron chi connectivity index (χ0n) is 12.9. The summed E-state index contributed by atoms with van der Waals surface area (Å²) in [6.07, 6.45) is 2.50. The molecule has 0 saturated heterocycles. The minimum atomic E-state index is 0.450. The fourth-order valence-corrected chi connectivity index (χ4v) is 3.09. The van der Waals surface area contributed by atoms with Crippen molar-refractivity contribution in [2.24, 2.45) is 11.8 Å². The molecule has 1 N–H and O–H groups in total. The maximum Gasteiger partial charge on any atom is 0.124 e. The Morgan fingerprint density at radius 2 is 2.05 bits per heavy atom. The summed E-state index contributed by atoms with van der Waals surface area (Å²) in [7, 11) is 1.78. The number of ether oxygens (including phenoxy) is 1. The first-order valence-electron chi connectivity index (χ1n) is 7.47. The molecule has 0 bridgehead atoms. The van der Waals surface area contributed by atoms with Gasteiger partial charge >= 0.3 is 0 Å². The highest BCUT2D eigenvalue weighted by molar-refractivity contribution is 5.46. The van der Waals surface area contributed by atoms with Gasteiger partial charge in [-0.1, -0.05) is 19.9 Å². The van der Waals surface area contributed by atoms with Gasteiger partial charge in [-0.15, -0.1) is 0 Å². The normalized spacial score (nSPS) is 23.2. The second kappa shape index (κ2) is 5.96. The molecule has 0 aromatic heterocycles. The molecule has 3 unspecified atom stereocenters. The van der Waals surface area contributed by atoms with Gasteiger partial charge in [-0.3, -0.25) is 0 Å².